The number of aromatic nitrogens is 1. The van der Waals surface area contributed by atoms with E-state index in [1.165, 1.54) is 18.9 Å². The van der Waals surface area contributed by atoms with Gasteiger partial charge in [0.2, 0.25) is 41.4 Å². The minimum atomic E-state index is -1.87. The highest BCUT2D eigenvalue weighted by molar-refractivity contribution is 5.99. The Labute approximate surface area is 413 Å². The van der Waals surface area contributed by atoms with Gasteiger partial charge in [-0.2, -0.15) is 0 Å². The van der Waals surface area contributed by atoms with Crippen LogP contribution in [0.15, 0.2) is 35.5 Å². The lowest BCUT2D eigenvalue weighted by Gasteiger charge is -2.44. The molecule has 2 aliphatic rings. The number of hydrogen-bond acceptors (Lipinski definition) is 12. The number of nitrogens with two attached hydrogens (primary N) is 2. The third-order valence-corrected chi connectivity index (χ3v) is 13.0. The summed E-state index contributed by atoms with van der Waals surface area (Å²) in [6.07, 6.45) is -0.271. The normalized spacial score (nSPS) is 24.9. The molecule has 0 spiro atoms. The Balaban J connectivity index is 1.87. The van der Waals surface area contributed by atoms with Crippen molar-refractivity contribution >= 4 is 70.2 Å². The minimum Gasteiger partial charge on any atom is -0.481 e. The molecule has 71 heavy (non-hydrogen) atoms. The first-order valence-corrected chi connectivity index (χ1v) is 24.4. The van der Waals surface area contributed by atoms with Crippen molar-refractivity contribution in [3.63, 3.8) is 0 Å². The van der Waals surface area contributed by atoms with E-state index in [2.05, 4.69) is 36.6 Å². The van der Waals surface area contributed by atoms with E-state index < -0.39 is 126 Å². The van der Waals surface area contributed by atoms with Crippen molar-refractivity contribution in [2.45, 2.75) is 167 Å². The van der Waals surface area contributed by atoms with E-state index in [0.717, 1.165) is 22.2 Å². The number of cyclic esters (lactones) is 1. The smallest absolute Gasteiger partial charge is 0.329 e. The SMILES string of the molecule is CCCCCC(=O)N[C@@H](CC(=O)O)C(=O)N[C@@H]1C(=O)N[C@@H](CCCN=C(N)N)C(=O)N[C@H]2CC[C@@H](O)N(C2=O)[C@@H](C(C)CC)C(=O)N(C)[C@@H](Cc2c[nH]c3ccccc23)C(=O)N[C@@H](C(C)C)C(=O)O[C@@H]1C. The van der Waals surface area contributed by atoms with Gasteiger partial charge < -0.3 is 67.8 Å². The lowest BCUT2D eigenvalue weighted by atomic mass is 9.91. The maximum absolute atomic E-state index is 15.0. The number of benzene rings is 1. The van der Waals surface area contributed by atoms with Gasteiger partial charge in [0.05, 0.1) is 6.42 Å². The van der Waals surface area contributed by atoms with E-state index in [1.54, 1.807) is 33.9 Å². The number of piperidine rings is 1. The molecule has 4 rings (SSSR count). The summed E-state index contributed by atoms with van der Waals surface area (Å²) < 4.78 is 5.87. The number of unbranched alkanes of at least 4 members (excludes halogenated alkanes) is 2. The number of carbonyl (C=O) groups is 9. The number of ether oxygens (including phenoxy) is 1. The van der Waals surface area contributed by atoms with Gasteiger partial charge in [0.1, 0.15) is 54.6 Å². The number of H-pyrrole nitrogens is 1. The number of carbonyl (C=O) groups excluding carboxylic acids is 8. The molecule has 0 aliphatic carbocycles. The van der Waals surface area contributed by atoms with E-state index in [4.69, 9.17) is 16.2 Å². The number of guanidine groups is 1. The van der Waals surface area contributed by atoms with Gasteiger partial charge in [-0.05, 0) is 62.5 Å². The molecule has 2 saturated heterocycles. The van der Waals surface area contributed by atoms with Crippen LogP contribution in [0.5, 0.6) is 0 Å². The first-order valence-electron chi connectivity index (χ1n) is 24.4. The molecule has 392 valence electrons. The molecular weight excluding hydrogens is 923 g/mol. The fourth-order valence-corrected chi connectivity index (χ4v) is 8.71. The van der Waals surface area contributed by atoms with Crippen molar-refractivity contribution in [1.29, 1.82) is 0 Å². The Hall–Kier alpha value is -6.78. The van der Waals surface area contributed by atoms with Crippen LogP contribution in [0.1, 0.15) is 111 Å². The van der Waals surface area contributed by atoms with E-state index >= 15 is 4.79 Å². The Morgan fingerprint density at radius 1 is 0.930 bits per heavy atom. The van der Waals surface area contributed by atoms with Crippen LogP contribution in [-0.4, -0.2) is 152 Å². The molecule has 2 aromatic rings. The first-order chi connectivity index (χ1) is 33.6. The molecule has 1 aromatic heterocycles. The molecule has 10 atom stereocenters. The number of carboxylic acid groups (broad SMARTS) is 1. The van der Waals surface area contributed by atoms with Crippen LogP contribution in [0.25, 0.3) is 10.9 Å². The summed E-state index contributed by atoms with van der Waals surface area (Å²) in [5.41, 5.74) is 12.4. The van der Waals surface area contributed by atoms with E-state index in [0.29, 0.717) is 24.8 Å². The number of fused-ring (bicyclic) bond motifs is 3. The second-order valence-electron chi connectivity index (χ2n) is 18.8. The summed E-state index contributed by atoms with van der Waals surface area (Å²) >= 11 is 0. The Kier molecular flexibility index (Phi) is 21.1. The number of nitrogens with zero attached hydrogens (tertiary/aromatic N) is 3. The van der Waals surface area contributed by atoms with Crippen molar-refractivity contribution in [3.05, 3.63) is 36.0 Å². The quantitative estimate of drug-likeness (QED) is 0.0408. The predicted octanol–water partition coefficient (Wildman–Crippen LogP) is 0.0268. The second-order valence-corrected chi connectivity index (χ2v) is 18.8. The highest BCUT2D eigenvalue weighted by atomic mass is 16.5. The fraction of sp³-hybridized carbons (Fsp3) is 0.625. The number of aliphatic imine (C=N–C) groups is 1. The molecule has 7 amide bonds. The van der Waals surface area contributed by atoms with Crippen LogP contribution in [-0.2, 0) is 54.3 Å². The number of hydrogen-bond donors (Lipinski definition) is 10. The zero-order valence-electron chi connectivity index (χ0n) is 41.7. The summed E-state index contributed by atoms with van der Waals surface area (Å²) in [7, 11) is 1.40. The standard InChI is InChI=1S/C48H73N11O12/c1-8-10-11-18-35(60)53-33(23-37(62)63)42(65)57-39-27(6)71-47(70)38(25(3)4)56-43(66)34(22-28-24-52-30-16-13-12-15-29(28)30)58(7)46(69)40(26(5)9-2)59-36(61)20-19-32(45(59)68)55-41(64)31(54-44(39)67)17-14-21-51-48(49)50/h12-13,15-16,24-27,31-34,36,38-40,52,61H,8-11,14,17-23H2,1-7H3,(H,53,60)(H,54,67)(H,55,64)(H,56,66)(H,57,65)(H,62,63)(H4,49,50,51)/t26?,27-,31+,32+,33+,34+,36-,38+,39+,40+/m1/s1. The maximum atomic E-state index is 15.0. The number of para-hydroxylation sites is 1. The van der Waals surface area contributed by atoms with Gasteiger partial charge in [-0.1, -0.05) is 72.1 Å². The first kappa shape index (κ1) is 56.8. The molecule has 3 heterocycles. The van der Waals surface area contributed by atoms with Crippen LogP contribution in [0, 0.1) is 11.8 Å². The number of amides is 7. The van der Waals surface area contributed by atoms with Gasteiger partial charge in [0.25, 0.3) is 0 Å². The molecule has 2 aliphatic heterocycles. The van der Waals surface area contributed by atoms with Crippen molar-refractivity contribution in [1.82, 2.24) is 41.4 Å². The topological polar surface area (TPSA) is 350 Å². The van der Waals surface area contributed by atoms with Crippen LogP contribution in [0.4, 0.5) is 0 Å². The molecule has 1 aromatic carbocycles. The van der Waals surface area contributed by atoms with Crippen LogP contribution < -0.4 is 38.1 Å². The predicted molar refractivity (Wildman–Crippen MR) is 260 cm³/mol. The lowest BCUT2D eigenvalue weighted by molar-refractivity contribution is -0.168. The second kappa shape index (κ2) is 26.4. The number of aromatic amines is 1. The van der Waals surface area contributed by atoms with E-state index in [-0.39, 0.29) is 51.0 Å². The van der Waals surface area contributed by atoms with Gasteiger partial charge in [-0.15, -0.1) is 0 Å². The molecule has 23 heteroatoms. The average Bonchev–Trinajstić information content (AvgIpc) is 3.73. The number of rotatable bonds is 18. The Bertz CT molecular complexity index is 2260. The molecule has 1 unspecified atom stereocenters. The molecule has 2 fully saturated rings. The number of aliphatic hydroxyl groups excluding tert-OH is 1. The number of carboxylic acids is 1. The zero-order valence-corrected chi connectivity index (χ0v) is 41.7. The molecule has 2 bridgehead atoms. The van der Waals surface area contributed by atoms with Crippen LogP contribution in [0.3, 0.4) is 0 Å². The van der Waals surface area contributed by atoms with Crippen molar-refractivity contribution < 1.29 is 58.1 Å². The zero-order chi connectivity index (χ0) is 52.7. The third kappa shape index (κ3) is 15.4. The Morgan fingerprint density at radius 3 is 2.28 bits per heavy atom. The maximum Gasteiger partial charge on any atom is 0.329 e. The molecular formula is C48H73N11O12. The number of aliphatic hydroxyl groups is 1. The largest absolute Gasteiger partial charge is 0.481 e. The number of aliphatic carboxylic acids is 1. The third-order valence-electron chi connectivity index (χ3n) is 13.0. The summed E-state index contributed by atoms with van der Waals surface area (Å²) in [6, 6.07) is -3.16. The number of likely N-dealkylation sites (N-methyl/N-ethyl adjacent to an activating group) is 1. The fourth-order valence-electron chi connectivity index (χ4n) is 8.71. The van der Waals surface area contributed by atoms with Gasteiger partial charge in [-0.3, -0.25) is 43.3 Å². The van der Waals surface area contributed by atoms with Gasteiger partial charge in [-0.25, -0.2) is 4.79 Å². The lowest BCUT2D eigenvalue weighted by Crippen LogP contribution is -2.66. The molecule has 0 radical (unpaired) electrons. The summed E-state index contributed by atoms with van der Waals surface area (Å²) in [5, 5.41) is 34.8. The van der Waals surface area contributed by atoms with E-state index in [1.807, 2.05) is 31.2 Å². The molecule has 12 N–H and O–H groups in total. The molecule has 23 nitrogen and oxygen atoms in total. The minimum absolute atomic E-state index is 0.00312. The van der Waals surface area contributed by atoms with Gasteiger partial charge in [0, 0.05) is 43.5 Å². The van der Waals surface area contributed by atoms with Gasteiger partial charge >= 0.3 is 11.9 Å². The van der Waals surface area contributed by atoms with Crippen molar-refractivity contribution in [2.24, 2.45) is 28.3 Å². The summed E-state index contributed by atoms with van der Waals surface area (Å²) in [4.78, 5) is 136. The highest BCUT2D eigenvalue weighted by Gasteiger charge is 2.47. The van der Waals surface area contributed by atoms with Crippen LogP contribution >= 0.6 is 0 Å². The van der Waals surface area contributed by atoms with E-state index in [9.17, 15) is 48.6 Å². The summed E-state index contributed by atoms with van der Waals surface area (Å²) in [6.45, 7) is 9.94. The number of esters is 1. The summed E-state index contributed by atoms with van der Waals surface area (Å²) in [5.74, 6) is -10.1. The monoisotopic (exact) mass is 996 g/mol. The Morgan fingerprint density at radius 2 is 1.63 bits per heavy atom. The molecule has 0 saturated carbocycles. The van der Waals surface area contributed by atoms with Crippen molar-refractivity contribution in [2.75, 3.05) is 13.6 Å². The van der Waals surface area contributed by atoms with Crippen LogP contribution in [0.2, 0.25) is 0 Å². The number of nitrogens with one attached hydrogen (secondary N) is 6. The van der Waals surface area contributed by atoms with Gasteiger partial charge in [0.15, 0.2) is 5.96 Å². The average molecular weight is 996 g/mol. The highest BCUT2D eigenvalue weighted by Crippen LogP contribution is 2.29. The van der Waals surface area contributed by atoms with Crippen molar-refractivity contribution in [3.8, 4) is 0 Å².